The number of carbonyl (C=O) groups excluding carboxylic acids is 1. The van der Waals surface area contributed by atoms with Gasteiger partial charge < -0.3 is 0 Å². The van der Waals surface area contributed by atoms with Gasteiger partial charge in [-0.1, -0.05) is 0 Å². The van der Waals surface area contributed by atoms with Gasteiger partial charge in [-0.15, -0.1) is 0 Å². The maximum absolute atomic E-state index is 12.2. The first kappa shape index (κ1) is 9.65. The summed E-state index contributed by atoms with van der Waals surface area (Å²) in [5.74, 6) is -0.0962. The van der Waals surface area contributed by atoms with Gasteiger partial charge in [-0.25, -0.2) is 4.52 Å². The number of nitrogens with zero attached hydrogens (tertiary/aromatic N) is 4. The predicted octanol–water partition coefficient (Wildman–Crippen LogP) is 1.36. The number of carbonyl (C=O) groups is 1. The fraction of sp³-hybridized carbons (Fsp3) is 0. The molecule has 82 valence electrons. The lowest BCUT2D eigenvalue weighted by atomic mass is 10.1. The fourth-order valence-electron chi connectivity index (χ4n) is 1.66. The summed E-state index contributed by atoms with van der Waals surface area (Å²) in [6.45, 7) is 0. The van der Waals surface area contributed by atoms with E-state index >= 15 is 0 Å². The van der Waals surface area contributed by atoms with E-state index in [2.05, 4.69) is 15.1 Å². The molecule has 0 N–H and O–H groups in total. The highest BCUT2D eigenvalue weighted by molar-refractivity contribution is 6.12. The Morgan fingerprint density at radius 3 is 2.82 bits per heavy atom. The Morgan fingerprint density at radius 1 is 1.12 bits per heavy atom. The van der Waals surface area contributed by atoms with Gasteiger partial charge in [-0.05, 0) is 12.1 Å². The van der Waals surface area contributed by atoms with Crippen LogP contribution in [0.3, 0.4) is 0 Å². The van der Waals surface area contributed by atoms with Gasteiger partial charge in [-0.2, -0.15) is 5.10 Å². The summed E-state index contributed by atoms with van der Waals surface area (Å²) < 4.78 is 1.62. The summed E-state index contributed by atoms with van der Waals surface area (Å²) in [6.07, 6.45) is 9.67. The number of aromatic nitrogens is 4. The van der Waals surface area contributed by atoms with E-state index in [1.54, 1.807) is 53.8 Å². The Balaban J connectivity index is 2.14. The third-order valence-corrected chi connectivity index (χ3v) is 2.49. The van der Waals surface area contributed by atoms with E-state index in [9.17, 15) is 4.79 Å². The van der Waals surface area contributed by atoms with Crippen molar-refractivity contribution in [3.05, 3.63) is 60.4 Å². The largest absolute Gasteiger partial charge is 0.288 e. The number of hydrogen-bond acceptors (Lipinski definition) is 4. The maximum atomic E-state index is 12.2. The molecule has 0 spiro atoms. The molecule has 0 radical (unpaired) electrons. The molecule has 0 aliphatic carbocycles. The fourth-order valence-corrected chi connectivity index (χ4v) is 1.66. The molecule has 3 heterocycles. The zero-order chi connectivity index (χ0) is 11.7. The molecule has 0 saturated heterocycles. The van der Waals surface area contributed by atoms with Gasteiger partial charge in [0.25, 0.3) is 0 Å². The van der Waals surface area contributed by atoms with Crippen molar-refractivity contribution in [1.29, 1.82) is 0 Å². The first-order chi connectivity index (χ1) is 8.36. The Labute approximate surface area is 96.8 Å². The number of hydrogen-bond donors (Lipinski definition) is 0. The van der Waals surface area contributed by atoms with Gasteiger partial charge in [0.15, 0.2) is 5.78 Å². The van der Waals surface area contributed by atoms with Gasteiger partial charge in [0.05, 0.1) is 23.5 Å². The quantitative estimate of drug-likeness (QED) is 0.616. The minimum Gasteiger partial charge on any atom is -0.288 e. The van der Waals surface area contributed by atoms with Crippen LogP contribution in [0.25, 0.3) is 5.52 Å². The Kier molecular flexibility index (Phi) is 2.15. The third kappa shape index (κ3) is 1.57. The summed E-state index contributed by atoms with van der Waals surface area (Å²) >= 11 is 0. The van der Waals surface area contributed by atoms with Crippen LogP contribution in [0.4, 0.5) is 0 Å². The molecule has 3 rings (SSSR count). The van der Waals surface area contributed by atoms with Crippen LogP contribution in [0.2, 0.25) is 0 Å². The number of ketones is 1. The normalized spacial score (nSPS) is 10.6. The molecular weight excluding hydrogens is 216 g/mol. The average Bonchev–Trinajstić information content (AvgIpc) is 2.83. The Bertz CT molecular complexity index is 675. The lowest BCUT2D eigenvalue weighted by Gasteiger charge is -1.97. The minimum absolute atomic E-state index is 0.0962. The van der Waals surface area contributed by atoms with Gasteiger partial charge in [0, 0.05) is 30.4 Å². The van der Waals surface area contributed by atoms with E-state index in [1.165, 1.54) is 0 Å². The van der Waals surface area contributed by atoms with Gasteiger partial charge in [-0.3, -0.25) is 14.8 Å². The molecule has 0 aromatic carbocycles. The van der Waals surface area contributed by atoms with Crippen LogP contribution >= 0.6 is 0 Å². The molecule has 5 heteroatoms. The zero-order valence-corrected chi connectivity index (χ0v) is 8.82. The molecule has 0 saturated carbocycles. The lowest BCUT2D eigenvalue weighted by molar-refractivity contribution is 0.104. The van der Waals surface area contributed by atoms with Crippen LogP contribution in [-0.4, -0.2) is 25.4 Å². The molecule has 17 heavy (non-hydrogen) atoms. The highest BCUT2D eigenvalue weighted by Crippen LogP contribution is 2.13. The minimum atomic E-state index is -0.0962. The number of fused-ring (bicyclic) bond motifs is 1. The zero-order valence-electron chi connectivity index (χ0n) is 8.82. The van der Waals surface area contributed by atoms with Crippen LogP contribution in [0.5, 0.6) is 0 Å². The Morgan fingerprint density at radius 2 is 2.00 bits per heavy atom. The molecule has 3 aromatic rings. The van der Waals surface area contributed by atoms with Crippen molar-refractivity contribution in [1.82, 2.24) is 19.6 Å². The lowest BCUT2D eigenvalue weighted by Crippen LogP contribution is -2.01. The molecule has 3 aromatic heterocycles. The van der Waals surface area contributed by atoms with E-state index in [-0.39, 0.29) is 5.78 Å². The van der Waals surface area contributed by atoms with Crippen molar-refractivity contribution < 1.29 is 4.79 Å². The first-order valence-corrected chi connectivity index (χ1v) is 5.08. The van der Waals surface area contributed by atoms with Crippen LogP contribution < -0.4 is 0 Å². The molecule has 0 atom stereocenters. The smallest absolute Gasteiger partial charge is 0.198 e. The van der Waals surface area contributed by atoms with Gasteiger partial charge in [0.2, 0.25) is 0 Å². The summed E-state index contributed by atoms with van der Waals surface area (Å²) in [5.41, 5.74) is 1.78. The topological polar surface area (TPSA) is 60.2 Å². The van der Waals surface area contributed by atoms with Crippen molar-refractivity contribution in [2.45, 2.75) is 0 Å². The standard InChI is InChI=1S/C12H8N4O/c17-12(9-2-1-3-13-6-9)10-7-15-16-5-4-14-8-11(10)16/h1-8H. The monoisotopic (exact) mass is 224 g/mol. The van der Waals surface area contributed by atoms with Crippen LogP contribution in [0.1, 0.15) is 15.9 Å². The summed E-state index contributed by atoms with van der Waals surface area (Å²) in [4.78, 5) is 20.1. The molecule has 0 aliphatic heterocycles. The van der Waals surface area contributed by atoms with E-state index in [1.807, 2.05) is 0 Å². The van der Waals surface area contributed by atoms with Crippen molar-refractivity contribution >= 4 is 11.3 Å². The molecule has 0 aliphatic rings. The number of rotatable bonds is 2. The van der Waals surface area contributed by atoms with Crippen molar-refractivity contribution in [3.8, 4) is 0 Å². The molecule has 0 amide bonds. The van der Waals surface area contributed by atoms with Crippen LogP contribution in [-0.2, 0) is 0 Å². The second kappa shape index (κ2) is 3.79. The predicted molar refractivity (Wildman–Crippen MR) is 60.7 cm³/mol. The third-order valence-electron chi connectivity index (χ3n) is 2.49. The van der Waals surface area contributed by atoms with E-state index in [0.717, 1.165) is 0 Å². The van der Waals surface area contributed by atoms with Gasteiger partial charge in [0.1, 0.15) is 0 Å². The van der Waals surface area contributed by atoms with Crippen molar-refractivity contribution in [2.24, 2.45) is 0 Å². The second-order valence-electron chi connectivity index (χ2n) is 3.54. The van der Waals surface area contributed by atoms with Crippen LogP contribution in [0, 0.1) is 0 Å². The highest BCUT2D eigenvalue weighted by atomic mass is 16.1. The second-order valence-corrected chi connectivity index (χ2v) is 3.54. The van der Waals surface area contributed by atoms with Gasteiger partial charge >= 0.3 is 0 Å². The van der Waals surface area contributed by atoms with E-state index in [4.69, 9.17) is 0 Å². The molecule has 0 fully saturated rings. The van der Waals surface area contributed by atoms with E-state index < -0.39 is 0 Å². The maximum Gasteiger partial charge on any atom is 0.198 e. The first-order valence-electron chi connectivity index (χ1n) is 5.08. The molecule has 0 bridgehead atoms. The molecule has 0 unspecified atom stereocenters. The van der Waals surface area contributed by atoms with Crippen molar-refractivity contribution in [2.75, 3.05) is 0 Å². The molecule has 5 nitrogen and oxygen atoms in total. The summed E-state index contributed by atoms with van der Waals surface area (Å²) in [7, 11) is 0. The van der Waals surface area contributed by atoms with Crippen molar-refractivity contribution in [3.63, 3.8) is 0 Å². The Hall–Kier alpha value is -2.56. The highest BCUT2D eigenvalue weighted by Gasteiger charge is 2.14. The summed E-state index contributed by atoms with van der Waals surface area (Å²) in [6, 6.07) is 3.46. The van der Waals surface area contributed by atoms with E-state index in [0.29, 0.717) is 16.6 Å². The summed E-state index contributed by atoms with van der Waals surface area (Å²) in [5, 5.41) is 4.10. The van der Waals surface area contributed by atoms with Crippen LogP contribution in [0.15, 0.2) is 49.3 Å². The SMILES string of the molecule is O=C(c1cccnc1)c1cnn2ccncc12. The average molecular weight is 224 g/mol. The number of pyridine rings is 1. The molecular formula is C12H8N4O.